The van der Waals surface area contributed by atoms with Crippen LogP contribution in [-0.2, 0) is 4.74 Å². The largest absolute Gasteiger partial charge is 0.451 e. The lowest BCUT2D eigenvalue weighted by Crippen LogP contribution is -2.39. The second-order valence-corrected chi connectivity index (χ2v) is 6.44. The highest BCUT2D eigenvalue weighted by Gasteiger charge is 2.26. The first kappa shape index (κ1) is 15.8. The quantitative estimate of drug-likeness (QED) is 0.790. The molecule has 5 nitrogen and oxygen atoms in total. The van der Waals surface area contributed by atoms with Gasteiger partial charge in [-0.3, -0.25) is 9.78 Å². The van der Waals surface area contributed by atoms with E-state index >= 15 is 0 Å². The molecule has 1 aliphatic heterocycles. The monoisotopic (exact) mass is 336 g/mol. The highest BCUT2D eigenvalue weighted by atomic mass is 16.5. The van der Waals surface area contributed by atoms with Gasteiger partial charge in [-0.2, -0.15) is 0 Å². The Labute approximate surface area is 146 Å². The molecular formula is C20H20N2O3. The van der Waals surface area contributed by atoms with Gasteiger partial charge in [-0.05, 0) is 49.1 Å². The van der Waals surface area contributed by atoms with E-state index in [-0.39, 0.29) is 18.1 Å². The number of carbonyl (C=O) groups is 1. The van der Waals surface area contributed by atoms with Gasteiger partial charge < -0.3 is 14.5 Å². The Morgan fingerprint density at radius 1 is 1.28 bits per heavy atom. The van der Waals surface area contributed by atoms with Gasteiger partial charge in [0.2, 0.25) is 0 Å². The van der Waals surface area contributed by atoms with Gasteiger partial charge in [0.05, 0.1) is 6.10 Å². The van der Waals surface area contributed by atoms with Crippen molar-refractivity contribution in [1.29, 1.82) is 0 Å². The number of aromatic nitrogens is 1. The molecule has 0 aliphatic carbocycles. The van der Waals surface area contributed by atoms with E-state index in [9.17, 15) is 4.79 Å². The summed E-state index contributed by atoms with van der Waals surface area (Å²) in [6.07, 6.45) is 5.05. The van der Waals surface area contributed by atoms with Crippen molar-refractivity contribution in [1.82, 2.24) is 10.3 Å². The molecule has 3 heterocycles. The fraction of sp³-hybridized carbons (Fsp3) is 0.300. The van der Waals surface area contributed by atoms with Gasteiger partial charge in [0, 0.05) is 30.4 Å². The van der Waals surface area contributed by atoms with E-state index in [0.29, 0.717) is 12.4 Å². The van der Waals surface area contributed by atoms with Crippen molar-refractivity contribution in [3.05, 3.63) is 65.7 Å². The molecule has 1 aliphatic rings. The average molecular weight is 336 g/mol. The highest BCUT2D eigenvalue weighted by Crippen LogP contribution is 2.28. The molecule has 1 amide bonds. The Balaban J connectivity index is 1.47. The summed E-state index contributed by atoms with van der Waals surface area (Å²) in [4.78, 5) is 16.7. The number of pyridine rings is 1. The van der Waals surface area contributed by atoms with E-state index in [1.54, 1.807) is 6.20 Å². The first-order chi connectivity index (χ1) is 12.2. The molecule has 4 rings (SSSR count). The number of hydrogen-bond donors (Lipinski definition) is 1. The maximum Gasteiger partial charge on any atom is 0.287 e. The van der Waals surface area contributed by atoms with E-state index in [1.807, 2.05) is 49.5 Å². The highest BCUT2D eigenvalue weighted by molar-refractivity contribution is 5.97. The summed E-state index contributed by atoms with van der Waals surface area (Å²) in [6.45, 7) is 2.63. The lowest BCUT2D eigenvalue weighted by atomic mass is 9.98. The standard InChI is InChI=1S/C20H20N2O3/c1-13-4-2-6-17-16(13)11-19(25-17)20(23)22-15-7-9-24-18(10-15)14-5-3-8-21-12-14/h2-6,8,11-12,15,18H,7,9-10H2,1H3,(H,22,23)/t15-,18-/m1/s1. The first-order valence-corrected chi connectivity index (χ1v) is 8.52. The van der Waals surface area contributed by atoms with Crippen LogP contribution in [0.4, 0.5) is 0 Å². The molecule has 5 heteroatoms. The van der Waals surface area contributed by atoms with Crippen LogP contribution in [-0.4, -0.2) is 23.5 Å². The smallest absolute Gasteiger partial charge is 0.287 e. The van der Waals surface area contributed by atoms with Crippen LogP contribution in [0.3, 0.4) is 0 Å². The lowest BCUT2D eigenvalue weighted by molar-refractivity contribution is 0.000547. The second kappa shape index (κ2) is 6.69. The average Bonchev–Trinajstić information content (AvgIpc) is 3.09. The zero-order chi connectivity index (χ0) is 17.2. The van der Waals surface area contributed by atoms with Crippen molar-refractivity contribution in [2.45, 2.75) is 31.9 Å². The number of rotatable bonds is 3. The summed E-state index contributed by atoms with van der Waals surface area (Å²) in [6, 6.07) is 11.6. The third-order valence-corrected chi connectivity index (χ3v) is 4.68. The molecule has 1 aromatic carbocycles. The molecule has 2 atom stereocenters. The number of furan rings is 1. The zero-order valence-corrected chi connectivity index (χ0v) is 14.1. The molecule has 1 N–H and O–H groups in total. The van der Waals surface area contributed by atoms with Crippen molar-refractivity contribution in [3.63, 3.8) is 0 Å². The summed E-state index contributed by atoms with van der Waals surface area (Å²) in [5.41, 5.74) is 2.88. The SMILES string of the molecule is Cc1cccc2oc(C(=O)N[C@@H]3CCO[C@@H](c4cccnc4)C3)cc12. The summed E-state index contributed by atoms with van der Waals surface area (Å²) in [7, 11) is 0. The molecule has 3 aromatic rings. The summed E-state index contributed by atoms with van der Waals surface area (Å²) < 4.78 is 11.5. The fourth-order valence-electron chi connectivity index (χ4n) is 3.30. The van der Waals surface area contributed by atoms with E-state index in [1.165, 1.54) is 0 Å². The summed E-state index contributed by atoms with van der Waals surface area (Å²) >= 11 is 0. The number of amides is 1. The Bertz CT molecular complexity index is 888. The number of ether oxygens (including phenoxy) is 1. The molecular weight excluding hydrogens is 316 g/mol. The van der Waals surface area contributed by atoms with Crippen LogP contribution >= 0.6 is 0 Å². The number of carbonyl (C=O) groups excluding carboxylic acids is 1. The van der Waals surface area contributed by atoms with E-state index < -0.39 is 0 Å². The normalized spacial score (nSPS) is 20.5. The van der Waals surface area contributed by atoms with Gasteiger partial charge in [-0.15, -0.1) is 0 Å². The Kier molecular flexibility index (Phi) is 4.24. The van der Waals surface area contributed by atoms with Crippen LogP contribution in [0.2, 0.25) is 0 Å². The summed E-state index contributed by atoms with van der Waals surface area (Å²) in [5.74, 6) is 0.182. The van der Waals surface area contributed by atoms with Crippen LogP contribution in [0.1, 0.15) is 40.6 Å². The summed E-state index contributed by atoms with van der Waals surface area (Å²) in [5, 5.41) is 4.06. The second-order valence-electron chi connectivity index (χ2n) is 6.44. The Morgan fingerprint density at radius 2 is 2.20 bits per heavy atom. The van der Waals surface area contributed by atoms with Crippen molar-refractivity contribution >= 4 is 16.9 Å². The Morgan fingerprint density at radius 3 is 3.00 bits per heavy atom. The third-order valence-electron chi connectivity index (χ3n) is 4.68. The molecule has 0 bridgehead atoms. The fourth-order valence-corrected chi connectivity index (χ4v) is 3.30. The van der Waals surface area contributed by atoms with Gasteiger partial charge in [-0.25, -0.2) is 0 Å². The van der Waals surface area contributed by atoms with Gasteiger partial charge >= 0.3 is 0 Å². The van der Waals surface area contributed by atoms with Gasteiger partial charge in [-0.1, -0.05) is 18.2 Å². The van der Waals surface area contributed by atoms with Crippen molar-refractivity contribution in [2.24, 2.45) is 0 Å². The number of nitrogens with one attached hydrogen (secondary N) is 1. The van der Waals surface area contributed by atoms with E-state index in [4.69, 9.17) is 9.15 Å². The van der Waals surface area contributed by atoms with Gasteiger partial charge in [0.1, 0.15) is 5.58 Å². The van der Waals surface area contributed by atoms with Gasteiger partial charge in [0.25, 0.3) is 5.91 Å². The number of fused-ring (bicyclic) bond motifs is 1. The van der Waals surface area contributed by atoms with Crippen molar-refractivity contribution in [3.8, 4) is 0 Å². The Hall–Kier alpha value is -2.66. The van der Waals surface area contributed by atoms with Crippen LogP contribution in [0.25, 0.3) is 11.0 Å². The number of aryl methyl sites for hydroxylation is 1. The molecule has 0 unspecified atom stereocenters. The van der Waals surface area contributed by atoms with Crippen molar-refractivity contribution in [2.75, 3.05) is 6.61 Å². The van der Waals surface area contributed by atoms with Crippen LogP contribution < -0.4 is 5.32 Å². The van der Waals surface area contributed by atoms with Gasteiger partial charge in [0.15, 0.2) is 5.76 Å². The first-order valence-electron chi connectivity index (χ1n) is 8.52. The van der Waals surface area contributed by atoms with Crippen molar-refractivity contribution < 1.29 is 13.9 Å². The minimum absolute atomic E-state index is 0.0364. The molecule has 1 saturated heterocycles. The molecule has 2 aromatic heterocycles. The zero-order valence-electron chi connectivity index (χ0n) is 14.1. The number of nitrogens with zero attached hydrogens (tertiary/aromatic N) is 1. The van der Waals surface area contributed by atoms with Crippen LogP contribution in [0.15, 0.2) is 53.2 Å². The minimum Gasteiger partial charge on any atom is -0.451 e. The minimum atomic E-state index is -0.174. The van der Waals surface area contributed by atoms with Crippen LogP contribution in [0.5, 0.6) is 0 Å². The molecule has 0 radical (unpaired) electrons. The predicted octanol–water partition coefficient (Wildman–Crippen LogP) is 3.79. The van der Waals surface area contributed by atoms with E-state index in [2.05, 4.69) is 10.3 Å². The van der Waals surface area contributed by atoms with Crippen LogP contribution in [0, 0.1) is 6.92 Å². The maximum absolute atomic E-state index is 12.6. The lowest BCUT2D eigenvalue weighted by Gasteiger charge is -2.30. The molecule has 1 fully saturated rings. The maximum atomic E-state index is 12.6. The molecule has 0 saturated carbocycles. The predicted molar refractivity (Wildman–Crippen MR) is 94.4 cm³/mol. The molecule has 0 spiro atoms. The van der Waals surface area contributed by atoms with E-state index in [0.717, 1.165) is 34.9 Å². The number of hydrogen-bond acceptors (Lipinski definition) is 4. The third kappa shape index (κ3) is 3.28. The molecule has 128 valence electrons. The number of benzene rings is 1. The molecule has 25 heavy (non-hydrogen) atoms. The topological polar surface area (TPSA) is 64.4 Å².